The van der Waals surface area contributed by atoms with Crippen molar-refractivity contribution in [3.05, 3.63) is 0 Å². The van der Waals surface area contributed by atoms with Crippen molar-refractivity contribution >= 4 is 48.0 Å². The summed E-state index contributed by atoms with van der Waals surface area (Å²) in [4.78, 5) is 0. The van der Waals surface area contributed by atoms with Gasteiger partial charge in [-0.1, -0.05) is 26.2 Å². The van der Waals surface area contributed by atoms with E-state index in [4.69, 9.17) is 11.5 Å². The highest BCUT2D eigenvalue weighted by Gasteiger charge is 1.90. The molecule has 0 saturated carbocycles. The lowest BCUT2D eigenvalue weighted by Gasteiger charge is -2.01. The van der Waals surface area contributed by atoms with Gasteiger partial charge in [0.05, 0.1) is 6.17 Å². The second kappa shape index (κ2) is 13.0. The molecule has 66 valence electrons. The molecular weight excluding hydrogens is 354 g/mol. The first-order chi connectivity index (χ1) is 3.77. The fourth-order valence-electron chi connectivity index (χ4n) is 0.630. The van der Waals surface area contributed by atoms with E-state index in [1.165, 1.54) is 19.3 Å². The molecule has 0 aromatic heterocycles. The van der Waals surface area contributed by atoms with Gasteiger partial charge in [-0.15, -0.1) is 48.0 Å². The normalized spacial score (nSPS) is 8.40. The first-order valence-electron chi connectivity index (χ1n) is 3.28. The smallest absolute Gasteiger partial charge is 0.0520 e. The van der Waals surface area contributed by atoms with E-state index in [1.54, 1.807) is 0 Å². The van der Waals surface area contributed by atoms with Crippen LogP contribution in [-0.2, 0) is 0 Å². The summed E-state index contributed by atoms with van der Waals surface area (Å²) in [6.07, 6.45) is 4.54. The monoisotopic (exact) mass is 372 g/mol. The van der Waals surface area contributed by atoms with Gasteiger partial charge in [0.15, 0.2) is 0 Å². The molecule has 4 heteroatoms. The minimum Gasteiger partial charge on any atom is -0.316 e. The summed E-state index contributed by atoms with van der Waals surface area (Å²) in [6, 6.07) is 0. The Morgan fingerprint density at radius 1 is 1.10 bits per heavy atom. The molecule has 0 radical (unpaired) electrons. The molecule has 0 rings (SSSR count). The van der Waals surface area contributed by atoms with E-state index >= 15 is 0 Å². The Morgan fingerprint density at radius 3 is 1.90 bits per heavy atom. The Kier molecular flexibility index (Phi) is 22.7. The molecule has 0 amide bonds. The SMILES string of the molecule is CCCCCC(N)N.I.I. The highest BCUT2D eigenvalue weighted by Crippen LogP contribution is 1.97. The van der Waals surface area contributed by atoms with Gasteiger partial charge in [-0.05, 0) is 6.42 Å². The molecule has 0 atom stereocenters. The van der Waals surface area contributed by atoms with Gasteiger partial charge in [-0.25, -0.2) is 0 Å². The highest BCUT2D eigenvalue weighted by molar-refractivity contribution is 14.0. The second-order valence-electron chi connectivity index (χ2n) is 2.16. The van der Waals surface area contributed by atoms with Gasteiger partial charge in [-0.3, -0.25) is 0 Å². The molecule has 0 bridgehead atoms. The zero-order valence-electron chi connectivity index (χ0n) is 6.38. The van der Waals surface area contributed by atoms with Crippen molar-refractivity contribution < 1.29 is 0 Å². The van der Waals surface area contributed by atoms with Crippen LogP contribution >= 0.6 is 48.0 Å². The first kappa shape index (κ1) is 17.5. The van der Waals surface area contributed by atoms with Gasteiger partial charge in [0.25, 0.3) is 0 Å². The van der Waals surface area contributed by atoms with E-state index in [0.717, 1.165) is 6.42 Å². The molecule has 0 spiro atoms. The maximum absolute atomic E-state index is 5.31. The number of hydrogen-bond acceptors (Lipinski definition) is 2. The third kappa shape index (κ3) is 16.2. The van der Waals surface area contributed by atoms with Gasteiger partial charge < -0.3 is 11.5 Å². The van der Waals surface area contributed by atoms with Gasteiger partial charge in [0, 0.05) is 0 Å². The van der Waals surface area contributed by atoms with Crippen LogP contribution in [0.4, 0.5) is 0 Å². The topological polar surface area (TPSA) is 52.0 Å². The van der Waals surface area contributed by atoms with Crippen molar-refractivity contribution in [2.24, 2.45) is 11.5 Å². The Bertz CT molecular complexity index is 51.0. The number of unbranched alkanes of at least 4 members (excludes halogenated alkanes) is 2. The number of hydrogen-bond donors (Lipinski definition) is 2. The van der Waals surface area contributed by atoms with Gasteiger partial charge in [0.2, 0.25) is 0 Å². The molecule has 0 aliphatic heterocycles. The van der Waals surface area contributed by atoms with E-state index in [0.29, 0.717) is 0 Å². The second-order valence-corrected chi connectivity index (χ2v) is 2.16. The third-order valence-corrected chi connectivity index (χ3v) is 1.14. The lowest BCUT2D eigenvalue weighted by atomic mass is 10.2. The summed E-state index contributed by atoms with van der Waals surface area (Å²) in [5.74, 6) is 0. The van der Waals surface area contributed by atoms with Crippen LogP contribution in [-0.4, -0.2) is 6.17 Å². The van der Waals surface area contributed by atoms with Crippen molar-refractivity contribution in [3.63, 3.8) is 0 Å². The van der Waals surface area contributed by atoms with Crippen LogP contribution in [0.2, 0.25) is 0 Å². The summed E-state index contributed by atoms with van der Waals surface area (Å²) in [6.45, 7) is 2.17. The molecule has 0 heterocycles. The first-order valence-corrected chi connectivity index (χ1v) is 3.28. The number of nitrogens with two attached hydrogens (primary N) is 2. The summed E-state index contributed by atoms with van der Waals surface area (Å²) in [5.41, 5.74) is 10.6. The zero-order chi connectivity index (χ0) is 6.41. The van der Waals surface area contributed by atoms with Gasteiger partial charge >= 0.3 is 0 Å². The maximum Gasteiger partial charge on any atom is 0.0520 e. The molecule has 10 heavy (non-hydrogen) atoms. The quantitative estimate of drug-likeness (QED) is 0.451. The summed E-state index contributed by atoms with van der Waals surface area (Å²) >= 11 is 0. The minimum absolute atomic E-state index is 0. The largest absolute Gasteiger partial charge is 0.316 e. The van der Waals surface area contributed by atoms with Crippen molar-refractivity contribution in [2.45, 2.75) is 38.8 Å². The fraction of sp³-hybridized carbons (Fsp3) is 1.00. The van der Waals surface area contributed by atoms with Crippen LogP contribution < -0.4 is 11.5 Å². The maximum atomic E-state index is 5.31. The molecule has 0 saturated heterocycles. The Labute approximate surface area is 97.5 Å². The van der Waals surface area contributed by atoms with Crippen molar-refractivity contribution in [3.8, 4) is 0 Å². The standard InChI is InChI=1S/C6H16N2.2HI/c1-2-3-4-5-6(7)8;;/h6H,2-5,7-8H2,1H3;2*1H. The highest BCUT2D eigenvalue weighted by atomic mass is 127. The average molecular weight is 372 g/mol. The van der Waals surface area contributed by atoms with E-state index < -0.39 is 0 Å². The van der Waals surface area contributed by atoms with Crippen molar-refractivity contribution in [2.75, 3.05) is 0 Å². The van der Waals surface area contributed by atoms with Crippen molar-refractivity contribution in [1.29, 1.82) is 0 Å². The van der Waals surface area contributed by atoms with Gasteiger partial charge in [-0.2, -0.15) is 0 Å². The zero-order valence-corrected chi connectivity index (χ0v) is 11.0. The van der Waals surface area contributed by atoms with Crippen LogP contribution in [0.25, 0.3) is 0 Å². The molecule has 0 aromatic rings. The van der Waals surface area contributed by atoms with E-state index in [1.807, 2.05) is 0 Å². The fourth-order valence-corrected chi connectivity index (χ4v) is 0.630. The Hall–Kier alpha value is 1.38. The van der Waals surface area contributed by atoms with Crippen LogP contribution in [0.3, 0.4) is 0 Å². The Morgan fingerprint density at radius 2 is 1.60 bits per heavy atom. The minimum atomic E-state index is -0.0958. The Balaban J connectivity index is -0.000000245. The van der Waals surface area contributed by atoms with Gasteiger partial charge in [0.1, 0.15) is 0 Å². The molecule has 0 aromatic carbocycles. The molecule has 0 unspecified atom stereocenters. The van der Waals surface area contributed by atoms with E-state index in [-0.39, 0.29) is 54.1 Å². The van der Waals surface area contributed by atoms with E-state index in [2.05, 4.69) is 6.92 Å². The summed E-state index contributed by atoms with van der Waals surface area (Å²) in [7, 11) is 0. The lowest BCUT2D eigenvalue weighted by molar-refractivity contribution is 0.575. The molecule has 0 aliphatic rings. The number of halogens is 2. The predicted molar refractivity (Wildman–Crippen MR) is 67.1 cm³/mol. The molecule has 4 N–H and O–H groups in total. The van der Waals surface area contributed by atoms with Crippen LogP contribution in [0.15, 0.2) is 0 Å². The van der Waals surface area contributed by atoms with Crippen molar-refractivity contribution in [1.82, 2.24) is 0 Å². The summed E-state index contributed by atoms with van der Waals surface area (Å²) in [5, 5.41) is 0. The molecule has 2 nitrogen and oxygen atoms in total. The van der Waals surface area contributed by atoms with Crippen LogP contribution in [0.5, 0.6) is 0 Å². The predicted octanol–water partition coefficient (Wildman–Crippen LogP) is 2.05. The van der Waals surface area contributed by atoms with Crippen LogP contribution in [0, 0.1) is 0 Å². The lowest BCUT2D eigenvalue weighted by Crippen LogP contribution is -2.29. The van der Waals surface area contributed by atoms with E-state index in [9.17, 15) is 0 Å². The molecule has 0 aliphatic carbocycles. The summed E-state index contributed by atoms with van der Waals surface area (Å²) < 4.78 is 0. The average Bonchev–Trinajstić information content (AvgIpc) is 1.66. The van der Waals surface area contributed by atoms with Crippen LogP contribution in [0.1, 0.15) is 32.6 Å². The number of rotatable bonds is 4. The third-order valence-electron chi connectivity index (χ3n) is 1.14. The molecule has 0 fully saturated rings. The molecular formula is C6H18I2N2.